The zero-order valence-electron chi connectivity index (χ0n) is 16.6. The summed E-state index contributed by atoms with van der Waals surface area (Å²) in [7, 11) is 0. The van der Waals surface area contributed by atoms with Gasteiger partial charge >= 0.3 is 6.03 Å². The smallest absolute Gasteiger partial charge is 0.320 e. The number of hydrogen-bond donors (Lipinski definition) is 3. The molecule has 8 heteroatoms. The minimum absolute atomic E-state index is 0.261. The van der Waals surface area contributed by atoms with Crippen molar-refractivity contribution in [1.82, 2.24) is 24.7 Å². The molecule has 0 saturated heterocycles. The summed E-state index contributed by atoms with van der Waals surface area (Å²) in [5.41, 5.74) is 2.64. The fourth-order valence-corrected chi connectivity index (χ4v) is 2.93. The summed E-state index contributed by atoms with van der Waals surface area (Å²) in [4.78, 5) is 25.6. The summed E-state index contributed by atoms with van der Waals surface area (Å²) < 4.78 is 1.86. The molecule has 8 nitrogen and oxygen atoms in total. The third-order valence-corrected chi connectivity index (χ3v) is 4.23. The highest BCUT2D eigenvalue weighted by molar-refractivity contribution is 5.88. The number of rotatable bonds is 8. The van der Waals surface area contributed by atoms with Gasteiger partial charge in [-0.15, -0.1) is 0 Å². The Bertz CT molecular complexity index is 951. The second-order valence-electron chi connectivity index (χ2n) is 6.74. The Hall–Kier alpha value is -3.16. The van der Waals surface area contributed by atoms with Crippen LogP contribution in [0.1, 0.15) is 37.0 Å². The van der Waals surface area contributed by atoms with Gasteiger partial charge in [-0.25, -0.2) is 19.7 Å². The Balaban J connectivity index is 1.48. The van der Waals surface area contributed by atoms with Crippen LogP contribution < -0.4 is 16.0 Å². The number of carbonyl (C=O) groups is 1. The summed E-state index contributed by atoms with van der Waals surface area (Å²) in [6.45, 7) is 7.08. The predicted octanol–water partition coefficient (Wildman–Crippen LogP) is 3.32. The third-order valence-electron chi connectivity index (χ3n) is 4.23. The van der Waals surface area contributed by atoms with Crippen LogP contribution >= 0.6 is 0 Å². The van der Waals surface area contributed by atoms with E-state index >= 15 is 0 Å². The van der Waals surface area contributed by atoms with Crippen LogP contribution in [-0.4, -0.2) is 38.5 Å². The van der Waals surface area contributed by atoms with Crippen LogP contribution in [0, 0.1) is 13.8 Å². The molecule has 3 aromatic heterocycles. The number of anilines is 2. The Morgan fingerprint density at radius 3 is 2.79 bits per heavy atom. The number of imidazole rings is 1. The van der Waals surface area contributed by atoms with Crippen molar-refractivity contribution < 1.29 is 4.79 Å². The van der Waals surface area contributed by atoms with E-state index in [2.05, 4.69) is 37.8 Å². The van der Waals surface area contributed by atoms with Gasteiger partial charge in [0.15, 0.2) is 0 Å². The van der Waals surface area contributed by atoms with Gasteiger partial charge in [-0.1, -0.05) is 19.4 Å². The lowest BCUT2D eigenvalue weighted by molar-refractivity contribution is 0.252. The summed E-state index contributed by atoms with van der Waals surface area (Å²) in [5, 5.41) is 8.95. The van der Waals surface area contributed by atoms with E-state index in [1.807, 2.05) is 48.7 Å². The maximum absolute atomic E-state index is 12.2. The summed E-state index contributed by atoms with van der Waals surface area (Å²) >= 11 is 0. The van der Waals surface area contributed by atoms with Crippen LogP contribution in [0.25, 0.3) is 5.65 Å². The van der Waals surface area contributed by atoms with Crippen molar-refractivity contribution in [2.45, 2.75) is 40.0 Å². The first-order valence-electron chi connectivity index (χ1n) is 9.63. The Morgan fingerprint density at radius 1 is 1.11 bits per heavy atom. The van der Waals surface area contributed by atoms with Crippen molar-refractivity contribution in [3.05, 3.63) is 47.7 Å². The van der Waals surface area contributed by atoms with Crippen molar-refractivity contribution in [3.63, 3.8) is 0 Å². The number of nitrogens with zero attached hydrogens (tertiary/aromatic N) is 4. The number of carbonyl (C=O) groups excluding carboxylic acids is 1. The highest BCUT2D eigenvalue weighted by Crippen LogP contribution is 2.13. The van der Waals surface area contributed by atoms with Crippen LogP contribution in [0.15, 0.2) is 30.5 Å². The second kappa shape index (κ2) is 9.16. The van der Waals surface area contributed by atoms with Crippen molar-refractivity contribution >= 4 is 23.3 Å². The summed E-state index contributed by atoms with van der Waals surface area (Å²) in [5.74, 6) is 2.33. The molecule has 2 amide bonds. The summed E-state index contributed by atoms with van der Waals surface area (Å²) in [6, 6.07) is 7.26. The zero-order chi connectivity index (χ0) is 19.9. The van der Waals surface area contributed by atoms with E-state index in [1.54, 1.807) is 0 Å². The number of amides is 2. The van der Waals surface area contributed by atoms with Gasteiger partial charge in [0.2, 0.25) is 0 Å². The molecule has 0 saturated carbocycles. The van der Waals surface area contributed by atoms with Crippen molar-refractivity contribution in [2.24, 2.45) is 0 Å². The highest BCUT2D eigenvalue weighted by Gasteiger charge is 2.07. The molecule has 0 aliphatic heterocycles. The molecule has 3 heterocycles. The first-order valence-corrected chi connectivity index (χ1v) is 9.63. The molecule has 0 spiro atoms. The molecule has 3 N–H and O–H groups in total. The maximum atomic E-state index is 12.2. The van der Waals surface area contributed by atoms with Crippen LogP contribution in [0.2, 0.25) is 0 Å². The first kappa shape index (κ1) is 19.6. The van der Waals surface area contributed by atoms with Gasteiger partial charge < -0.3 is 10.6 Å². The predicted molar refractivity (Wildman–Crippen MR) is 111 cm³/mol. The number of aryl methyl sites for hydroxylation is 3. The van der Waals surface area contributed by atoms with Crippen LogP contribution in [0.5, 0.6) is 0 Å². The molecule has 3 rings (SSSR count). The lowest BCUT2D eigenvalue weighted by Gasteiger charge is -2.11. The molecule has 0 aliphatic carbocycles. The van der Waals surface area contributed by atoms with Gasteiger partial charge in [0, 0.05) is 37.5 Å². The second-order valence-corrected chi connectivity index (χ2v) is 6.74. The third kappa shape index (κ3) is 5.18. The van der Waals surface area contributed by atoms with E-state index in [0.717, 1.165) is 47.9 Å². The minimum atomic E-state index is -0.261. The number of unbranched alkanes of at least 4 members (excludes halogenated alkanes) is 1. The fraction of sp³-hybridized carbons (Fsp3) is 0.400. The monoisotopic (exact) mass is 381 g/mol. The molecule has 0 atom stereocenters. The van der Waals surface area contributed by atoms with Gasteiger partial charge in [0.25, 0.3) is 0 Å². The molecular weight excluding hydrogens is 354 g/mol. The molecule has 0 bridgehead atoms. The van der Waals surface area contributed by atoms with E-state index < -0.39 is 0 Å². The maximum Gasteiger partial charge on any atom is 0.320 e. The molecule has 28 heavy (non-hydrogen) atoms. The van der Waals surface area contributed by atoms with E-state index in [0.29, 0.717) is 18.9 Å². The Kier molecular flexibility index (Phi) is 6.41. The topological polar surface area (TPSA) is 96.2 Å². The quantitative estimate of drug-likeness (QED) is 0.520. The van der Waals surface area contributed by atoms with Crippen LogP contribution in [0.3, 0.4) is 0 Å². The van der Waals surface area contributed by atoms with Crippen LogP contribution in [-0.2, 0) is 6.42 Å². The first-order chi connectivity index (χ1) is 13.5. The molecule has 0 unspecified atom stereocenters. The lowest BCUT2D eigenvalue weighted by Crippen LogP contribution is -2.33. The van der Waals surface area contributed by atoms with Gasteiger partial charge in [0.1, 0.15) is 23.1 Å². The number of hydrogen-bond acceptors (Lipinski definition) is 5. The van der Waals surface area contributed by atoms with Crippen LogP contribution in [0.4, 0.5) is 16.4 Å². The zero-order valence-corrected chi connectivity index (χ0v) is 16.6. The fourth-order valence-electron chi connectivity index (χ4n) is 2.93. The number of nitrogens with one attached hydrogen (secondary N) is 3. The van der Waals surface area contributed by atoms with Gasteiger partial charge in [-0.2, -0.15) is 0 Å². The molecular formula is C20H27N7O. The van der Waals surface area contributed by atoms with Gasteiger partial charge in [0.05, 0.1) is 5.69 Å². The van der Waals surface area contributed by atoms with Gasteiger partial charge in [-0.05, 0) is 32.4 Å². The molecule has 0 fully saturated rings. The van der Waals surface area contributed by atoms with E-state index in [-0.39, 0.29) is 6.03 Å². The van der Waals surface area contributed by atoms with E-state index in [1.165, 1.54) is 0 Å². The van der Waals surface area contributed by atoms with Crippen molar-refractivity contribution in [2.75, 3.05) is 23.7 Å². The highest BCUT2D eigenvalue weighted by atomic mass is 16.2. The largest absolute Gasteiger partial charge is 0.368 e. The number of pyridine rings is 1. The SMILES string of the molecule is CCCCc1nc(C)cc(NCCNC(=O)Nc2cccc3nc(C)cn23)n1. The average molecular weight is 381 g/mol. The molecule has 3 aromatic rings. The number of urea groups is 1. The summed E-state index contributed by atoms with van der Waals surface area (Å²) in [6.07, 6.45) is 4.96. The standard InChI is InChI=1S/C20H27N7O/c1-4-5-7-16-23-14(2)12-17(25-16)21-10-11-22-20(28)26-19-9-6-8-18-24-15(3)13-27(18)19/h6,8-9,12-13H,4-5,7,10-11H2,1-3H3,(H,21,23,25)(H2,22,26,28). The average Bonchev–Trinajstić information content (AvgIpc) is 3.04. The molecule has 0 aromatic carbocycles. The number of aromatic nitrogens is 4. The van der Waals surface area contributed by atoms with E-state index in [9.17, 15) is 4.79 Å². The number of fused-ring (bicyclic) bond motifs is 1. The van der Waals surface area contributed by atoms with Crippen molar-refractivity contribution in [1.29, 1.82) is 0 Å². The van der Waals surface area contributed by atoms with E-state index in [4.69, 9.17) is 0 Å². The van der Waals surface area contributed by atoms with Gasteiger partial charge in [-0.3, -0.25) is 9.72 Å². The minimum Gasteiger partial charge on any atom is -0.368 e. The molecule has 148 valence electrons. The van der Waals surface area contributed by atoms with Crippen molar-refractivity contribution in [3.8, 4) is 0 Å². The molecule has 0 aliphatic rings. The molecule has 0 radical (unpaired) electrons. The lowest BCUT2D eigenvalue weighted by atomic mass is 10.2. The Morgan fingerprint density at radius 2 is 1.96 bits per heavy atom. The normalized spacial score (nSPS) is 10.8. The Labute approximate surface area is 164 Å².